The number of halogens is 1. The summed E-state index contributed by atoms with van der Waals surface area (Å²) in [5.74, 6) is 0. The molecule has 1 aliphatic rings. The molecule has 2 N–H and O–H groups in total. The molecule has 0 spiro atoms. The van der Waals surface area contributed by atoms with Gasteiger partial charge in [-0.05, 0) is 6.92 Å². The summed E-state index contributed by atoms with van der Waals surface area (Å²) in [5, 5.41) is 10.4. The Hall–Kier alpha value is -0.840. The molecular weight excluding hydrogens is 224 g/mol. The van der Waals surface area contributed by atoms with E-state index < -0.39 is 4.92 Å². The molecule has 0 saturated heterocycles. The molecule has 0 heterocycles. The van der Waals surface area contributed by atoms with Crippen molar-refractivity contribution in [2.75, 3.05) is 0 Å². The summed E-state index contributed by atoms with van der Waals surface area (Å²) in [4.78, 5) is 9.91. The minimum atomic E-state index is -0.464. The number of allylic oxidation sites excluding steroid dienone is 3. The molecule has 0 aromatic rings. The number of nitrogens with two attached hydrogens (primary N) is 1. The average Bonchev–Trinajstić information content (AvgIpc) is 1.83. The van der Waals surface area contributed by atoms with Crippen LogP contribution in [0.25, 0.3) is 0 Å². The van der Waals surface area contributed by atoms with Gasteiger partial charge in [0.05, 0.1) is 10.6 Å². The van der Waals surface area contributed by atoms with Gasteiger partial charge in [-0.15, -0.1) is 0 Å². The third kappa shape index (κ3) is 1.85. The second-order valence-electron chi connectivity index (χ2n) is 2.96. The highest BCUT2D eigenvalue weighted by Gasteiger charge is 2.27. The van der Waals surface area contributed by atoms with Crippen molar-refractivity contribution in [3.63, 3.8) is 0 Å². The molecule has 0 aromatic carbocycles. The predicted octanol–water partition coefficient (Wildman–Crippen LogP) is 1.55. The van der Waals surface area contributed by atoms with Gasteiger partial charge in [0.1, 0.15) is 0 Å². The molecule has 1 atom stereocenters. The van der Waals surface area contributed by atoms with E-state index in [1.807, 2.05) is 6.92 Å². The Balaban J connectivity index is 2.95. The molecule has 1 rings (SSSR count). The zero-order chi connectivity index (χ0) is 9.35. The molecule has 0 saturated carbocycles. The monoisotopic (exact) mass is 232 g/mol. The summed E-state index contributed by atoms with van der Waals surface area (Å²) in [5.41, 5.74) is 5.84. The molecule has 0 fully saturated rings. The summed E-state index contributed by atoms with van der Waals surface area (Å²) in [6.07, 6.45) is 3.65. The van der Waals surface area contributed by atoms with Crippen LogP contribution >= 0.6 is 15.9 Å². The molecular formula is C7H9BrN2O2. The van der Waals surface area contributed by atoms with E-state index in [2.05, 4.69) is 15.9 Å². The topological polar surface area (TPSA) is 69.2 Å². The summed E-state index contributed by atoms with van der Waals surface area (Å²) >= 11 is 3.39. The molecule has 5 heteroatoms. The molecule has 0 aliphatic heterocycles. The fourth-order valence-electron chi connectivity index (χ4n) is 1.06. The highest BCUT2D eigenvalue weighted by Crippen LogP contribution is 2.31. The van der Waals surface area contributed by atoms with Crippen LogP contribution in [-0.2, 0) is 0 Å². The highest BCUT2D eigenvalue weighted by atomic mass is 79.9. The summed E-state index contributed by atoms with van der Waals surface area (Å²) in [6.45, 7) is 1.91. The molecule has 1 aliphatic carbocycles. The first kappa shape index (κ1) is 9.25. The van der Waals surface area contributed by atoms with Crippen LogP contribution in [0.5, 0.6) is 0 Å². The van der Waals surface area contributed by atoms with Crippen molar-refractivity contribution in [2.24, 2.45) is 5.73 Å². The van der Waals surface area contributed by atoms with Gasteiger partial charge in [0.15, 0.2) is 0 Å². The maximum absolute atomic E-state index is 10.4. The first-order chi connectivity index (χ1) is 5.42. The largest absolute Gasteiger partial charge is 0.396 e. The predicted molar refractivity (Wildman–Crippen MR) is 49.3 cm³/mol. The summed E-state index contributed by atoms with van der Waals surface area (Å²) in [7, 11) is 0. The zero-order valence-corrected chi connectivity index (χ0v) is 8.17. The van der Waals surface area contributed by atoms with Crippen LogP contribution in [0.3, 0.4) is 0 Å². The number of alkyl halides is 1. The number of hydrogen-bond acceptors (Lipinski definition) is 3. The Kier molecular flexibility index (Phi) is 2.23. The molecule has 66 valence electrons. The Bertz CT molecular complexity index is 281. The standard InChI is InChI=1S/C7H9BrN2O2/c1-7(8)3-2-6(10(11)12)5(9)4-7/h2-3H,4,9H2,1H3. The van der Waals surface area contributed by atoms with Crippen molar-refractivity contribution < 1.29 is 4.92 Å². The molecule has 12 heavy (non-hydrogen) atoms. The Labute approximate surface area is 78.4 Å². The molecule has 0 radical (unpaired) electrons. The number of nitrogens with zero attached hydrogens (tertiary/aromatic N) is 1. The van der Waals surface area contributed by atoms with Crippen LogP contribution in [0.2, 0.25) is 0 Å². The van der Waals surface area contributed by atoms with Gasteiger partial charge in [-0.2, -0.15) is 0 Å². The normalized spacial score (nSPS) is 29.2. The van der Waals surface area contributed by atoms with Gasteiger partial charge in [-0.25, -0.2) is 0 Å². The van der Waals surface area contributed by atoms with Gasteiger partial charge < -0.3 is 5.73 Å². The lowest BCUT2D eigenvalue weighted by molar-refractivity contribution is -0.420. The molecule has 0 aromatic heterocycles. The van der Waals surface area contributed by atoms with Crippen molar-refractivity contribution in [3.8, 4) is 0 Å². The number of nitro groups is 1. The van der Waals surface area contributed by atoms with Gasteiger partial charge >= 0.3 is 0 Å². The first-order valence-corrected chi connectivity index (χ1v) is 4.23. The SMILES string of the molecule is CC1(Br)C=CC([N+](=O)[O-])=C(N)C1. The van der Waals surface area contributed by atoms with Crippen LogP contribution in [0.15, 0.2) is 23.5 Å². The van der Waals surface area contributed by atoms with Gasteiger partial charge in [0.25, 0.3) is 5.70 Å². The van der Waals surface area contributed by atoms with Gasteiger partial charge in [-0.1, -0.05) is 22.0 Å². The first-order valence-electron chi connectivity index (χ1n) is 3.43. The maximum Gasteiger partial charge on any atom is 0.287 e. The second-order valence-corrected chi connectivity index (χ2v) is 4.77. The van der Waals surface area contributed by atoms with E-state index in [1.165, 1.54) is 6.08 Å². The van der Waals surface area contributed by atoms with Crippen molar-refractivity contribution in [1.29, 1.82) is 0 Å². The third-order valence-electron chi connectivity index (χ3n) is 1.65. The number of hydrogen-bond donors (Lipinski definition) is 1. The zero-order valence-electron chi connectivity index (χ0n) is 6.58. The molecule has 4 nitrogen and oxygen atoms in total. The van der Waals surface area contributed by atoms with E-state index in [1.54, 1.807) is 6.08 Å². The van der Waals surface area contributed by atoms with E-state index in [0.29, 0.717) is 12.1 Å². The fourth-order valence-corrected chi connectivity index (χ4v) is 1.49. The Morgan fingerprint density at radius 3 is 2.83 bits per heavy atom. The minimum absolute atomic E-state index is 0.00641. The minimum Gasteiger partial charge on any atom is -0.396 e. The molecule has 0 bridgehead atoms. The van der Waals surface area contributed by atoms with E-state index in [0.717, 1.165) is 0 Å². The molecule has 1 unspecified atom stereocenters. The van der Waals surface area contributed by atoms with E-state index in [-0.39, 0.29) is 10.0 Å². The van der Waals surface area contributed by atoms with Crippen LogP contribution in [-0.4, -0.2) is 9.25 Å². The fraction of sp³-hybridized carbons (Fsp3) is 0.429. The van der Waals surface area contributed by atoms with Crippen molar-refractivity contribution in [3.05, 3.63) is 33.7 Å². The lowest BCUT2D eigenvalue weighted by Crippen LogP contribution is -2.23. The number of rotatable bonds is 1. The quantitative estimate of drug-likeness (QED) is 0.424. The van der Waals surface area contributed by atoms with Crippen molar-refractivity contribution in [2.45, 2.75) is 17.7 Å². The highest BCUT2D eigenvalue weighted by molar-refractivity contribution is 9.10. The summed E-state index contributed by atoms with van der Waals surface area (Å²) < 4.78 is -0.239. The Morgan fingerprint density at radius 2 is 2.42 bits per heavy atom. The van der Waals surface area contributed by atoms with E-state index in [4.69, 9.17) is 5.73 Å². The van der Waals surface area contributed by atoms with Crippen LogP contribution < -0.4 is 5.73 Å². The van der Waals surface area contributed by atoms with Crippen LogP contribution in [0.1, 0.15) is 13.3 Å². The van der Waals surface area contributed by atoms with Crippen LogP contribution in [0.4, 0.5) is 0 Å². The van der Waals surface area contributed by atoms with Gasteiger partial charge in [-0.3, -0.25) is 10.1 Å². The van der Waals surface area contributed by atoms with Crippen LogP contribution in [0, 0.1) is 10.1 Å². The van der Waals surface area contributed by atoms with Crippen molar-refractivity contribution >= 4 is 15.9 Å². The van der Waals surface area contributed by atoms with E-state index in [9.17, 15) is 10.1 Å². The maximum atomic E-state index is 10.4. The van der Waals surface area contributed by atoms with Gasteiger partial charge in [0, 0.05) is 16.8 Å². The lowest BCUT2D eigenvalue weighted by atomic mass is 9.99. The van der Waals surface area contributed by atoms with Gasteiger partial charge in [0.2, 0.25) is 0 Å². The second kappa shape index (κ2) is 2.90. The van der Waals surface area contributed by atoms with E-state index >= 15 is 0 Å². The average molecular weight is 233 g/mol. The lowest BCUT2D eigenvalue weighted by Gasteiger charge is -2.20. The summed E-state index contributed by atoms with van der Waals surface area (Å²) in [6, 6.07) is 0. The third-order valence-corrected chi connectivity index (χ3v) is 2.20. The smallest absolute Gasteiger partial charge is 0.287 e. The van der Waals surface area contributed by atoms with Crippen molar-refractivity contribution in [1.82, 2.24) is 0 Å². The Morgan fingerprint density at radius 1 is 1.83 bits per heavy atom. The molecule has 0 amide bonds.